The fourth-order valence-electron chi connectivity index (χ4n) is 1.61. The van der Waals surface area contributed by atoms with Crippen LogP contribution in [0, 0.1) is 5.92 Å². The molecule has 0 aliphatic carbocycles. The molecule has 92 valence electrons. The van der Waals surface area contributed by atoms with Gasteiger partial charge in [-0.15, -0.1) is 0 Å². The number of rotatable bonds is 4. The summed E-state index contributed by atoms with van der Waals surface area (Å²) in [7, 11) is -0.941. The molecule has 0 aromatic rings. The molecule has 1 aliphatic rings. The van der Waals surface area contributed by atoms with Crippen LogP contribution in [0.3, 0.4) is 0 Å². The van der Waals surface area contributed by atoms with E-state index in [4.69, 9.17) is 0 Å². The Kier molecular flexibility index (Phi) is 4.46. The summed E-state index contributed by atoms with van der Waals surface area (Å²) < 4.78 is 11.0. The molecule has 0 aromatic carbocycles. The minimum absolute atomic E-state index is 0.0694. The van der Waals surface area contributed by atoms with E-state index in [0.717, 1.165) is 0 Å². The SMILES string of the molecule is CC(C)C1NC(=O)CN(CCS(C)=O)C1=O. The number of amides is 2. The van der Waals surface area contributed by atoms with Crippen molar-refractivity contribution >= 4 is 22.6 Å². The summed E-state index contributed by atoms with van der Waals surface area (Å²) in [5.41, 5.74) is 0. The molecular weight excluding hydrogens is 228 g/mol. The van der Waals surface area contributed by atoms with Gasteiger partial charge in [-0.2, -0.15) is 0 Å². The lowest BCUT2D eigenvalue weighted by Gasteiger charge is -2.34. The van der Waals surface area contributed by atoms with E-state index < -0.39 is 16.8 Å². The van der Waals surface area contributed by atoms with Crippen molar-refractivity contribution in [2.24, 2.45) is 5.92 Å². The summed E-state index contributed by atoms with van der Waals surface area (Å²) >= 11 is 0. The Balaban J connectivity index is 2.66. The number of nitrogens with zero attached hydrogens (tertiary/aromatic N) is 1. The predicted octanol–water partition coefficient (Wildman–Crippen LogP) is -0.652. The van der Waals surface area contributed by atoms with Crippen LogP contribution in [0.2, 0.25) is 0 Å². The van der Waals surface area contributed by atoms with Gasteiger partial charge >= 0.3 is 0 Å². The molecule has 1 aliphatic heterocycles. The first-order valence-electron chi connectivity index (χ1n) is 5.30. The summed E-state index contributed by atoms with van der Waals surface area (Å²) in [5.74, 6) is 0.288. The van der Waals surface area contributed by atoms with Crippen molar-refractivity contribution in [2.45, 2.75) is 19.9 Å². The molecule has 1 saturated heterocycles. The normalized spacial score (nSPS) is 23.5. The summed E-state index contributed by atoms with van der Waals surface area (Å²) in [4.78, 5) is 24.8. The third kappa shape index (κ3) is 3.30. The van der Waals surface area contributed by atoms with E-state index in [2.05, 4.69) is 5.32 Å². The lowest BCUT2D eigenvalue weighted by Crippen LogP contribution is -2.60. The zero-order chi connectivity index (χ0) is 12.3. The number of carbonyl (C=O) groups is 2. The highest BCUT2D eigenvalue weighted by atomic mass is 32.2. The molecule has 1 N–H and O–H groups in total. The maximum absolute atomic E-state index is 11.9. The van der Waals surface area contributed by atoms with Crippen molar-refractivity contribution in [1.29, 1.82) is 0 Å². The van der Waals surface area contributed by atoms with Crippen LogP contribution in [0.4, 0.5) is 0 Å². The zero-order valence-electron chi connectivity index (χ0n) is 9.86. The van der Waals surface area contributed by atoms with Crippen LogP contribution >= 0.6 is 0 Å². The Morgan fingerprint density at radius 3 is 2.62 bits per heavy atom. The first-order chi connectivity index (χ1) is 7.41. The molecule has 2 amide bonds. The second kappa shape index (κ2) is 5.43. The number of hydrogen-bond donors (Lipinski definition) is 1. The van der Waals surface area contributed by atoms with Crippen LogP contribution in [-0.4, -0.2) is 52.1 Å². The first-order valence-corrected chi connectivity index (χ1v) is 7.02. The molecule has 2 atom stereocenters. The minimum Gasteiger partial charge on any atom is -0.343 e. The Labute approximate surface area is 98.0 Å². The molecule has 0 aromatic heterocycles. The number of nitrogens with one attached hydrogen (secondary N) is 1. The second-order valence-corrected chi connectivity index (χ2v) is 5.88. The topological polar surface area (TPSA) is 66.5 Å². The van der Waals surface area contributed by atoms with E-state index in [1.54, 1.807) is 6.26 Å². The highest BCUT2D eigenvalue weighted by molar-refractivity contribution is 7.84. The Morgan fingerprint density at radius 2 is 2.12 bits per heavy atom. The number of carbonyl (C=O) groups excluding carboxylic acids is 2. The first kappa shape index (κ1) is 13.2. The van der Waals surface area contributed by atoms with E-state index in [9.17, 15) is 13.8 Å². The maximum atomic E-state index is 11.9. The highest BCUT2D eigenvalue weighted by Crippen LogP contribution is 2.10. The average molecular weight is 246 g/mol. The molecule has 0 saturated carbocycles. The standard InChI is InChI=1S/C10H18N2O3S/c1-7(2)9-10(14)12(4-5-16(3)15)6-8(13)11-9/h7,9H,4-6H2,1-3H3,(H,11,13). The van der Waals surface area contributed by atoms with Gasteiger partial charge in [-0.1, -0.05) is 13.8 Å². The van der Waals surface area contributed by atoms with E-state index >= 15 is 0 Å². The molecule has 5 nitrogen and oxygen atoms in total. The Bertz CT molecular complexity index is 317. The fraction of sp³-hybridized carbons (Fsp3) is 0.800. The molecule has 6 heteroatoms. The molecule has 16 heavy (non-hydrogen) atoms. The molecular formula is C10H18N2O3S. The molecule has 0 bridgehead atoms. The molecule has 1 rings (SSSR count). The van der Waals surface area contributed by atoms with E-state index in [1.807, 2.05) is 13.8 Å². The van der Waals surface area contributed by atoms with Gasteiger partial charge in [-0.05, 0) is 5.92 Å². The Morgan fingerprint density at radius 1 is 1.50 bits per heavy atom. The summed E-state index contributed by atoms with van der Waals surface area (Å²) in [6.07, 6.45) is 1.59. The monoisotopic (exact) mass is 246 g/mol. The molecule has 1 heterocycles. The third-order valence-electron chi connectivity index (χ3n) is 2.54. The van der Waals surface area contributed by atoms with Crippen LogP contribution in [0.15, 0.2) is 0 Å². The minimum atomic E-state index is -0.941. The average Bonchev–Trinajstić information content (AvgIpc) is 2.18. The van der Waals surface area contributed by atoms with E-state index in [1.165, 1.54) is 4.90 Å². The van der Waals surface area contributed by atoms with Crippen LogP contribution in [0.1, 0.15) is 13.8 Å². The fourth-order valence-corrected chi connectivity index (χ4v) is 2.09. The number of hydrogen-bond acceptors (Lipinski definition) is 3. The summed E-state index contributed by atoms with van der Waals surface area (Å²) in [5, 5.41) is 2.68. The van der Waals surface area contributed by atoms with Gasteiger partial charge in [0.25, 0.3) is 0 Å². The quantitative estimate of drug-likeness (QED) is 0.716. The van der Waals surface area contributed by atoms with Gasteiger partial charge in [-0.25, -0.2) is 0 Å². The summed E-state index contributed by atoms with van der Waals surface area (Å²) in [6, 6.07) is -0.438. The van der Waals surface area contributed by atoms with Crippen LogP contribution in [0.25, 0.3) is 0 Å². The van der Waals surface area contributed by atoms with Gasteiger partial charge in [0.1, 0.15) is 6.04 Å². The number of piperazine rings is 1. The molecule has 2 unspecified atom stereocenters. The van der Waals surface area contributed by atoms with Crippen LogP contribution in [0.5, 0.6) is 0 Å². The highest BCUT2D eigenvalue weighted by Gasteiger charge is 2.34. The molecule has 0 radical (unpaired) electrons. The third-order valence-corrected chi connectivity index (χ3v) is 3.30. The smallest absolute Gasteiger partial charge is 0.245 e. The van der Waals surface area contributed by atoms with Crippen LogP contribution < -0.4 is 5.32 Å². The largest absolute Gasteiger partial charge is 0.343 e. The maximum Gasteiger partial charge on any atom is 0.245 e. The van der Waals surface area contributed by atoms with Gasteiger partial charge < -0.3 is 10.2 Å². The van der Waals surface area contributed by atoms with Gasteiger partial charge in [0.2, 0.25) is 11.8 Å². The lowest BCUT2D eigenvalue weighted by atomic mass is 10.0. The van der Waals surface area contributed by atoms with E-state index in [-0.39, 0.29) is 24.3 Å². The van der Waals surface area contributed by atoms with Crippen molar-refractivity contribution in [3.05, 3.63) is 0 Å². The molecule has 0 spiro atoms. The van der Waals surface area contributed by atoms with Crippen molar-refractivity contribution in [3.8, 4) is 0 Å². The van der Waals surface area contributed by atoms with Gasteiger partial charge in [-0.3, -0.25) is 13.8 Å². The van der Waals surface area contributed by atoms with Gasteiger partial charge in [0, 0.05) is 29.4 Å². The van der Waals surface area contributed by atoms with Crippen molar-refractivity contribution in [3.63, 3.8) is 0 Å². The van der Waals surface area contributed by atoms with Gasteiger partial charge in [0.15, 0.2) is 0 Å². The summed E-state index contributed by atoms with van der Waals surface area (Å²) in [6.45, 7) is 4.26. The second-order valence-electron chi connectivity index (χ2n) is 4.33. The molecule has 1 fully saturated rings. The van der Waals surface area contributed by atoms with Crippen molar-refractivity contribution in [2.75, 3.05) is 25.1 Å². The van der Waals surface area contributed by atoms with Gasteiger partial charge in [0.05, 0.1) is 6.54 Å². The lowest BCUT2D eigenvalue weighted by molar-refractivity contribution is -0.145. The van der Waals surface area contributed by atoms with Crippen molar-refractivity contribution in [1.82, 2.24) is 10.2 Å². The van der Waals surface area contributed by atoms with Crippen molar-refractivity contribution < 1.29 is 13.8 Å². The Hall–Kier alpha value is -0.910. The van der Waals surface area contributed by atoms with E-state index in [0.29, 0.717) is 12.3 Å². The predicted molar refractivity (Wildman–Crippen MR) is 62.3 cm³/mol. The zero-order valence-corrected chi connectivity index (χ0v) is 10.7. The van der Waals surface area contributed by atoms with Crippen LogP contribution in [-0.2, 0) is 20.4 Å².